The molecule has 2 atom stereocenters. The minimum Gasteiger partial charge on any atom is -0.377 e. The first-order valence-electron chi connectivity index (χ1n) is 7.34. The van der Waals surface area contributed by atoms with Crippen LogP contribution in [0, 0.1) is 13.8 Å². The van der Waals surface area contributed by atoms with Crippen LogP contribution in [0.4, 0.5) is 0 Å². The van der Waals surface area contributed by atoms with E-state index in [2.05, 4.69) is 58.1 Å². The molecule has 0 amide bonds. The molecule has 0 aromatic heterocycles. The summed E-state index contributed by atoms with van der Waals surface area (Å²) in [5.74, 6) is 0. The maximum atomic E-state index is 5.83. The van der Waals surface area contributed by atoms with Crippen LogP contribution >= 0.6 is 0 Å². The largest absolute Gasteiger partial charge is 0.377 e. The first kappa shape index (κ1) is 16.2. The van der Waals surface area contributed by atoms with Gasteiger partial charge >= 0.3 is 0 Å². The van der Waals surface area contributed by atoms with Gasteiger partial charge in [-0.25, -0.2) is 0 Å². The van der Waals surface area contributed by atoms with Crippen LogP contribution in [-0.4, -0.2) is 19.3 Å². The molecule has 0 aliphatic heterocycles. The fraction of sp³-hybridized carbons (Fsp3) is 0.647. The summed E-state index contributed by atoms with van der Waals surface area (Å²) in [6, 6.07) is 6.90. The second-order valence-corrected chi connectivity index (χ2v) is 5.62. The maximum absolute atomic E-state index is 5.83. The van der Waals surface area contributed by atoms with Crippen LogP contribution in [0.2, 0.25) is 0 Å². The molecule has 0 heterocycles. The molecular formula is C17H29NO. The highest BCUT2D eigenvalue weighted by Gasteiger charge is 2.34. The molecule has 0 fully saturated rings. The molecular weight excluding hydrogens is 234 g/mol. The Balaban J connectivity index is 3.18. The third-order valence-electron chi connectivity index (χ3n) is 4.12. The lowest BCUT2D eigenvalue weighted by atomic mass is 9.85. The molecule has 0 spiro atoms. The lowest BCUT2D eigenvalue weighted by Gasteiger charge is -2.37. The summed E-state index contributed by atoms with van der Waals surface area (Å²) in [7, 11) is 1.81. The lowest BCUT2D eigenvalue weighted by Crippen LogP contribution is -2.43. The van der Waals surface area contributed by atoms with E-state index >= 15 is 0 Å². The molecule has 2 unspecified atom stereocenters. The average molecular weight is 263 g/mol. The zero-order chi connectivity index (χ0) is 14.5. The van der Waals surface area contributed by atoms with E-state index in [1.807, 2.05) is 7.11 Å². The molecule has 0 aliphatic carbocycles. The van der Waals surface area contributed by atoms with Gasteiger partial charge in [-0.2, -0.15) is 0 Å². The summed E-state index contributed by atoms with van der Waals surface area (Å²) in [5.41, 5.74) is 3.82. The summed E-state index contributed by atoms with van der Waals surface area (Å²) in [6.07, 6.45) is 2.11. The van der Waals surface area contributed by atoms with Gasteiger partial charge in [0.2, 0.25) is 0 Å². The Kier molecular flexibility index (Phi) is 6.02. The summed E-state index contributed by atoms with van der Waals surface area (Å²) in [4.78, 5) is 0. The molecule has 1 N–H and O–H groups in total. The van der Waals surface area contributed by atoms with Crippen molar-refractivity contribution in [3.8, 4) is 0 Å². The molecule has 2 nitrogen and oxygen atoms in total. The first-order chi connectivity index (χ1) is 8.98. The number of hydrogen-bond donors (Lipinski definition) is 1. The van der Waals surface area contributed by atoms with Gasteiger partial charge in [0.1, 0.15) is 0 Å². The van der Waals surface area contributed by atoms with Gasteiger partial charge in [-0.05, 0) is 51.3 Å². The Hall–Kier alpha value is -0.860. The van der Waals surface area contributed by atoms with E-state index in [1.165, 1.54) is 16.7 Å². The van der Waals surface area contributed by atoms with Crippen molar-refractivity contribution in [2.45, 2.75) is 59.1 Å². The molecule has 0 bridgehead atoms. The number of nitrogens with one attached hydrogen (secondary N) is 1. The average Bonchev–Trinajstić information content (AvgIpc) is 2.42. The molecule has 1 rings (SSSR count). The second-order valence-electron chi connectivity index (χ2n) is 5.62. The van der Waals surface area contributed by atoms with Crippen LogP contribution in [0.25, 0.3) is 0 Å². The quantitative estimate of drug-likeness (QED) is 0.797. The zero-order valence-corrected chi connectivity index (χ0v) is 13.3. The van der Waals surface area contributed by atoms with E-state index in [1.54, 1.807) is 0 Å². The highest BCUT2D eigenvalue weighted by atomic mass is 16.5. The SMILES string of the molecule is CCCNC(c1cc(C)ccc1C)C(C)(CC)OC. The fourth-order valence-corrected chi connectivity index (χ4v) is 2.48. The highest BCUT2D eigenvalue weighted by molar-refractivity contribution is 5.34. The van der Waals surface area contributed by atoms with E-state index < -0.39 is 0 Å². The summed E-state index contributed by atoms with van der Waals surface area (Å²) in [5, 5.41) is 3.67. The van der Waals surface area contributed by atoms with Crippen LogP contribution in [0.15, 0.2) is 18.2 Å². The minimum absolute atomic E-state index is 0.173. The van der Waals surface area contributed by atoms with Crippen molar-refractivity contribution in [3.63, 3.8) is 0 Å². The summed E-state index contributed by atoms with van der Waals surface area (Å²) in [6.45, 7) is 11.9. The van der Waals surface area contributed by atoms with Crippen LogP contribution < -0.4 is 5.32 Å². The normalized spacial score (nSPS) is 16.1. The van der Waals surface area contributed by atoms with Crippen molar-refractivity contribution in [2.75, 3.05) is 13.7 Å². The van der Waals surface area contributed by atoms with Crippen molar-refractivity contribution >= 4 is 0 Å². The molecule has 108 valence electrons. The number of aryl methyl sites for hydroxylation is 2. The van der Waals surface area contributed by atoms with Crippen LogP contribution in [0.1, 0.15) is 56.3 Å². The van der Waals surface area contributed by atoms with E-state index in [-0.39, 0.29) is 11.6 Å². The van der Waals surface area contributed by atoms with Crippen molar-refractivity contribution in [1.29, 1.82) is 0 Å². The summed E-state index contributed by atoms with van der Waals surface area (Å²) >= 11 is 0. The Morgan fingerprint density at radius 2 is 1.95 bits per heavy atom. The Morgan fingerprint density at radius 1 is 1.26 bits per heavy atom. The minimum atomic E-state index is -0.173. The number of hydrogen-bond acceptors (Lipinski definition) is 2. The topological polar surface area (TPSA) is 21.3 Å². The monoisotopic (exact) mass is 263 g/mol. The predicted molar refractivity (Wildman–Crippen MR) is 82.7 cm³/mol. The van der Waals surface area contributed by atoms with Crippen LogP contribution in [0.5, 0.6) is 0 Å². The van der Waals surface area contributed by atoms with E-state index in [4.69, 9.17) is 4.74 Å². The molecule has 1 aromatic rings. The maximum Gasteiger partial charge on any atom is 0.0842 e. The van der Waals surface area contributed by atoms with Crippen molar-refractivity contribution in [3.05, 3.63) is 34.9 Å². The van der Waals surface area contributed by atoms with E-state index in [9.17, 15) is 0 Å². The molecule has 0 saturated carbocycles. The first-order valence-corrected chi connectivity index (χ1v) is 7.34. The molecule has 0 radical (unpaired) electrons. The number of methoxy groups -OCH3 is 1. The number of benzene rings is 1. The van der Waals surface area contributed by atoms with Gasteiger partial charge in [0.15, 0.2) is 0 Å². The Bertz CT molecular complexity index is 396. The van der Waals surface area contributed by atoms with Gasteiger partial charge in [-0.1, -0.05) is 37.6 Å². The standard InChI is InChI=1S/C17H29NO/c1-7-11-18-16(17(5,8-2)19-6)15-12-13(3)9-10-14(15)4/h9-10,12,16,18H,7-8,11H2,1-6H3. The Morgan fingerprint density at radius 3 is 2.47 bits per heavy atom. The number of ether oxygens (including phenoxy) is 1. The fourth-order valence-electron chi connectivity index (χ4n) is 2.48. The third-order valence-corrected chi connectivity index (χ3v) is 4.12. The molecule has 0 saturated heterocycles. The molecule has 2 heteroatoms. The molecule has 0 aliphatic rings. The van der Waals surface area contributed by atoms with Crippen LogP contribution in [-0.2, 0) is 4.74 Å². The Labute approximate surface area is 118 Å². The van der Waals surface area contributed by atoms with Crippen molar-refractivity contribution in [1.82, 2.24) is 5.32 Å². The van der Waals surface area contributed by atoms with Crippen molar-refractivity contribution < 1.29 is 4.74 Å². The summed E-state index contributed by atoms with van der Waals surface area (Å²) < 4.78 is 5.83. The van der Waals surface area contributed by atoms with Gasteiger partial charge in [0, 0.05) is 7.11 Å². The van der Waals surface area contributed by atoms with Crippen LogP contribution in [0.3, 0.4) is 0 Å². The smallest absolute Gasteiger partial charge is 0.0842 e. The van der Waals surface area contributed by atoms with E-state index in [0.717, 1.165) is 19.4 Å². The third kappa shape index (κ3) is 3.80. The van der Waals surface area contributed by atoms with Gasteiger partial charge < -0.3 is 10.1 Å². The second kappa shape index (κ2) is 7.06. The molecule has 1 aromatic carbocycles. The van der Waals surface area contributed by atoms with Gasteiger partial charge in [-0.15, -0.1) is 0 Å². The lowest BCUT2D eigenvalue weighted by molar-refractivity contribution is -0.0301. The van der Waals surface area contributed by atoms with Gasteiger partial charge in [0.25, 0.3) is 0 Å². The number of rotatable bonds is 7. The molecule has 19 heavy (non-hydrogen) atoms. The predicted octanol–water partition coefficient (Wildman–Crippen LogP) is 4.16. The van der Waals surface area contributed by atoms with Gasteiger partial charge in [-0.3, -0.25) is 0 Å². The highest BCUT2D eigenvalue weighted by Crippen LogP contribution is 2.33. The van der Waals surface area contributed by atoms with E-state index in [0.29, 0.717) is 0 Å². The van der Waals surface area contributed by atoms with Gasteiger partial charge in [0.05, 0.1) is 11.6 Å². The zero-order valence-electron chi connectivity index (χ0n) is 13.3. The van der Waals surface area contributed by atoms with Crippen molar-refractivity contribution in [2.24, 2.45) is 0 Å².